The fourth-order valence-electron chi connectivity index (χ4n) is 2.64. The maximum Gasteiger partial charge on any atom is 0.416 e. The minimum Gasteiger partial charge on any atom is -0.481 e. The summed E-state index contributed by atoms with van der Waals surface area (Å²) in [5.74, 6) is -1.68. The largest absolute Gasteiger partial charge is 0.481 e. The predicted octanol–water partition coefficient (Wildman–Crippen LogP) is 5.73. The van der Waals surface area contributed by atoms with Crippen molar-refractivity contribution in [1.82, 2.24) is 0 Å². The zero-order valence-electron chi connectivity index (χ0n) is 16.5. The highest BCUT2D eigenvalue weighted by Gasteiger charge is 2.33. The molecule has 0 radical (unpaired) electrons. The molecule has 0 heterocycles. The fraction of sp³-hybridized carbons (Fsp3) is 0.333. The summed E-state index contributed by atoms with van der Waals surface area (Å²) >= 11 is 5.89. The summed E-state index contributed by atoms with van der Waals surface area (Å²) < 4.78 is 43.8. The summed E-state index contributed by atoms with van der Waals surface area (Å²) in [5.41, 5.74) is -1.08. The molecule has 1 amide bonds. The Hall–Kier alpha value is -2.74. The Labute approximate surface area is 176 Å². The molecule has 9 heteroatoms. The highest BCUT2D eigenvalue weighted by Crippen LogP contribution is 2.36. The Morgan fingerprint density at radius 1 is 1.13 bits per heavy atom. The summed E-state index contributed by atoms with van der Waals surface area (Å²) in [7, 11) is 0. The minimum absolute atomic E-state index is 0.0134. The molecular weight excluding hydrogens is 423 g/mol. The molecule has 2 aromatic carbocycles. The second-order valence-corrected chi connectivity index (χ2v) is 7.74. The van der Waals surface area contributed by atoms with Crippen molar-refractivity contribution in [2.75, 3.05) is 5.32 Å². The van der Waals surface area contributed by atoms with Gasteiger partial charge in [0.05, 0.1) is 17.0 Å². The highest BCUT2D eigenvalue weighted by atomic mass is 35.5. The summed E-state index contributed by atoms with van der Waals surface area (Å²) in [6.45, 7) is 4.70. The van der Waals surface area contributed by atoms with Crippen molar-refractivity contribution in [2.24, 2.45) is 0 Å². The molecule has 0 aliphatic heterocycles. The molecule has 2 rings (SSSR count). The van der Waals surface area contributed by atoms with Gasteiger partial charge in [0.1, 0.15) is 5.75 Å². The van der Waals surface area contributed by atoms with Gasteiger partial charge in [-0.3, -0.25) is 9.59 Å². The number of ether oxygens (including phenoxy) is 1. The quantitative estimate of drug-likeness (QED) is 0.572. The smallest absolute Gasteiger partial charge is 0.416 e. The second kappa shape index (κ2) is 8.95. The van der Waals surface area contributed by atoms with Gasteiger partial charge in [-0.1, -0.05) is 30.7 Å². The van der Waals surface area contributed by atoms with E-state index in [9.17, 15) is 22.8 Å². The standard InChI is InChI=1S/C21H21ClF3NO4/c1-12(10-18(27)28)13-4-7-15(8-5-13)26-19(29)20(2,3)30-17-9-6-14(11-16(17)22)21(23,24)25/h4-9,11-12H,10H2,1-3H3,(H,26,29)(H,27,28). The van der Waals surface area contributed by atoms with Crippen molar-refractivity contribution in [2.45, 2.75) is 44.9 Å². The predicted molar refractivity (Wildman–Crippen MR) is 107 cm³/mol. The van der Waals surface area contributed by atoms with Crippen LogP contribution in [0.3, 0.4) is 0 Å². The van der Waals surface area contributed by atoms with Crippen LogP contribution >= 0.6 is 11.6 Å². The lowest BCUT2D eigenvalue weighted by molar-refractivity contribution is -0.138. The number of hydrogen-bond acceptors (Lipinski definition) is 3. The van der Waals surface area contributed by atoms with E-state index in [1.807, 2.05) is 0 Å². The summed E-state index contributed by atoms with van der Waals surface area (Å²) in [6.07, 6.45) is -4.55. The average Bonchev–Trinajstić information content (AvgIpc) is 2.62. The van der Waals surface area contributed by atoms with Crippen molar-refractivity contribution >= 4 is 29.2 Å². The normalized spacial score (nSPS) is 12.9. The van der Waals surface area contributed by atoms with Crippen LogP contribution in [0.25, 0.3) is 0 Å². The Bertz CT molecular complexity index is 927. The number of anilines is 1. The van der Waals surface area contributed by atoms with E-state index < -0.39 is 29.2 Å². The lowest BCUT2D eigenvalue weighted by Crippen LogP contribution is -2.42. The van der Waals surface area contributed by atoms with Gasteiger partial charge in [-0.15, -0.1) is 0 Å². The van der Waals surface area contributed by atoms with Crippen LogP contribution in [0.2, 0.25) is 5.02 Å². The Morgan fingerprint density at radius 2 is 1.73 bits per heavy atom. The SMILES string of the molecule is CC(CC(=O)O)c1ccc(NC(=O)C(C)(C)Oc2ccc(C(F)(F)F)cc2Cl)cc1. The second-order valence-electron chi connectivity index (χ2n) is 7.33. The molecule has 0 saturated heterocycles. The fourth-order valence-corrected chi connectivity index (χ4v) is 2.86. The molecule has 0 aliphatic carbocycles. The van der Waals surface area contributed by atoms with Crippen LogP contribution < -0.4 is 10.1 Å². The number of carboxylic acids is 1. The zero-order chi connectivity index (χ0) is 22.7. The number of carbonyl (C=O) groups excluding carboxylic acids is 1. The van der Waals surface area contributed by atoms with Gasteiger partial charge in [0.25, 0.3) is 5.91 Å². The molecule has 0 saturated carbocycles. The summed E-state index contributed by atoms with van der Waals surface area (Å²) in [5, 5.41) is 11.3. The van der Waals surface area contributed by atoms with Crippen LogP contribution in [0.4, 0.5) is 18.9 Å². The van der Waals surface area contributed by atoms with Crippen molar-refractivity contribution in [1.29, 1.82) is 0 Å². The van der Waals surface area contributed by atoms with Crippen molar-refractivity contribution < 1.29 is 32.6 Å². The van der Waals surface area contributed by atoms with Crippen LogP contribution in [0.15, 0.2) is 42.5 Å². The maximum absolute atomic E-state index is 12.8. The first kappa shape index (κ1) is 23.5. The minimum atomic E-state index is -4.54. The van der Waals surface area contributed by atoms with E-state index in [0.717, 1.165) is 23.8 Å². The van der Waals surface area contributed by atoms with Crippen molar-refractivity contribution in [3.05, 3.63) is 58.6 Å². The number of carboxylic acid groups (broad SMARTS) is 1. The van der Waals surface area contributed by atoms with Gasteiger partial charge in [0, 0.05) is 5.69 Å². The average molecular weight is 444 g/mol. The third-order valence-electron chi connectivity index (χ3n) is 4.39. The summed E-state index contributed by atoms with van der Waals surface area (Å²) in [6, 6.07) is 9.32. The molecule has 1 unspecified atom stereocenters. The lowest BCUT2D eigenvalue weighted by atomic mass is 9.97. The van der Waals surface area contributed by atoms with Crippen molar-refractivity contribution in [3.63, 3.8) is 0 Å². The van der Waals surface area contributed by atoms with Gasteiger partial charge in [-0.25, -0.2) is 0 Å². The number of aliphatic carboxylic acids is 1. The van der Waals surface area contributed by atoms with Gasteiger partial charge in [-0.2, -0.15) is 13.2 Å². The number of rotatable bonds is 7. The topological polar surface area (TPSA) is 75.6 Å². The molecule has 162 valence electrons. The molecule has 1 atom stereocenters. The van der Waals surface area contributed by atoms with E-state index >= 15 is 0 Å². The monoisotopic (exact) mass is 443 g/mol. The first-order valence-electron chi connectivity index (χ1n) is 8.98. The Kier molecular flexibility index (Phi) is 7.02. The van der Waals surface area contributed by atoms with Crippen LogP contribution in [0.5, 0.6) is 5.75 Å². The highest BCUT2D eigenvalue weighted by molar-refractivity contribution is 6.32. The number of alkyl halides is 3. The van der Waals surface area contributed by atoms with Crippen LogP contribution in [0.1, 0.15) is 44.2 Å². The molecule has 0 bridgehead atoms. The molecule has 0 fully saturated rings. The number of carbonyl (C=O) groups is 2. The van der Waals surface area contributed by atoms with Crippen molar-refractivity contribution in [3.8, 4) is 5.75 Å². The number of hydrogen-bond donors (Lipinski definition) is 2. The van der Waals surface area contributed by atoms with E-state index in [2.05, 4.69) is 5.32 Å². The summed E-state index contributed by atoms with van der Waals surface area (Å²) in [4.78, 5) is 23.4. The van der Waals surface area contributed by atoms with Gasteiger partial charge in [0.2, 0.25) is 0 Å². The third-order valence-corrected chi connectivity index (χ3v) is 4.68. The molecule has 2 aromatic rings. The van der Waals surface area contributed by atoms with Gasteiger partial charge in [-0.05, 0) is 55.7 Å². The molecule has 0 aliphatic rings. The number of halogens is 4. The molecule has 30 heavy (non-hydrogen) atoms. The van der Waals surface area contributed by atoms with Crippen LogP contribution in [0, 0.1) is 0 Å². The van der Waals surface area contributed by atoms with Gasteiger partial charge >= 0.3 is 12.1 Å². The molecule has 0 aromatic heterocycles. The molecule has 5 nitrogen and oxygen atoms in total. The molecule has 0 spiro atoms. The van der Waals surface area contributed by atoms with Crippen LogP contribution in [-0.4, -0.2) is 22.6 Å². The number of benzene rings is 2. The Morgan fingerprint density at radius 3 is 2.23 bits per heavy atom. The lowest BCUT2D eigenvalue weighted by Gasteiger charge is -2.26. The maximum atomic E-state index is 12.8. The van der Waals surface area contributed by atoms with Gasteiger partial charge < -0.3 is 15.2 Å². The van der Waals surface area contributed by atoms with Gasteiger partial charge in [0.15, 0.2) is 5.60 Å². The first-order chi connectivity index (χ1) is 13.8. The first-order valence-corrected chi connectivity index (χ1v) is 9.36. The van der Waals surface area contributed by atoms with E-state index in [-0.39, 0.29) is 23.1 Å². The Balaban J connectivity index is 2.08. The van der Waals surface area contributed by atoms with E-state index in [1.54, 1.807) is 31.2 Å². The van der Waals surface area contributed by atoms with E-state index in [4.69, 9.17) is 21.4 Å². The van der Waals surface area contributed by atoms with Crippen LogP contribution in [-0.2, 0) is 15.8 Å². The molecule has 2 N–H and O–H groups in total. The third kappa shape index (κ3) is 6.13. The molecular formula is C21H21ClF3NO4. The van der Waals surface area contributed by atoms with E-state index in [0.29, 0.717) is 5.69 Å². The van der Waals surface area contributed by atoms with E-state index in [1.165, 1.54) is 13.8 Å². The number of nitrogens with one attached hydrogen (secondary N) is 1. The zero-order valence-corrected chi connectivity index (χ0v) is 17.3. The number of amides is 1.